The van der Waals surface area contributed by atoms with Crippen molar-refractivity contribution in [3.63, 3.8) is 0 Å². The first-order valence-electron chi connectivity index (χ1n) is 7.19. The molecule has 0 aliphatic carbocycles. The molecule has 0 spiro atoms. The highest BCUT2D eigenvalue weighted by molar-refractivity contribution is 7.22. The summed E-state index contributed by atoms with van der Waals surface area (Å²) >= 11 is 1.46. The Balaban J connectivity index is 1.66. The van der Waals surface area contributed by atoms with Gasteiger partial charge in [-0.2, -0.15) is 0 Å². The summed E-state index contributed by atoms with van der Waals surface area (Å²) in [6.07, 6.45) is 0. The molecule has 0 fully saturated rings. The number of carbonyl (C=O) groups is 2. The van der Waals surface area contributed by atoms with Gasteiger partial charge in [0, 0.05) is 5.56 Å². The Morgan fingerprint density at radius 2 is 1.79 bits per heavy atom. The zero-order valence-electron chi connectivity index (χ0n) is 13.1. The van der Waals surface area contributed by atoms with E-state index in [0.29, 0.717) is 16.3 Å². The molecular weight excluding hydrogens is 326 g/mol. The summed E-state index contributed by atoms with van der Waals surface area (Å²) in [5.74, 6) is -0.758. The summed E-state index contributed by atoms with van der Waals surface area (Å²) in [6.45, 7) is 2.02. The molecule has 1 aromatic heterocycles. The molecule has 0 bridgehead atoms. The monoisotopic (exact) mass is 341 g/mol. The van der Waals surface area contributed by atoms with Gasteiger partial charge in [0.05, 0.1) is 22.9 Å². The second-order valence-electron chi connectivity index (χ2n) is 5.14. The zero-order chi connectivity index (χ0) is 17.1. The minimum atomic E-state index is -0.440. The predicted octanol–water partition coefficient (Wildman–Crippen LogP) is 3.15. The number of esters is 1. The first kappa shape index (κ1) is 15.9. The Bertz CT molecular complexity index is 903. The second kappa shape index (κ2) is 6.67. The van der Waals surface area contributed by atoms with Crippen molar-refractivity contribution in [2.24, 2.45) is 0 Å². The van der Waals surface area contributed by atoms with E-state index in [0.717, 1.165) is 15.8 Å². The highest BCUT2D eigenvalue weighted by atomic mass is 32.1. The van der Waals surface area contributed by atoms with Crippen LogP contribution in [0.1, 0.15) is 26.3 Å². The average Bonchev–Trinajstić information content (AvgIpc) is 3.01. The molecule has 3 aromatic rings. The van der Waals surface area contributed by atoms with Crippen molar-refractivity contribution in [3.8, 4) is 0 Å². The quantitative estimate of drug-likeness (QED) is 0.563. The van der Waals surface area contributed by atoms with Crippen LogP contribution in [0.5, 0.6) is 0 Å². The van der Waals surface area contributed by atoms with Crippen molar-refractivity contribution < 1.29 is 14.3 Å². The number of nitrogens with zero attached hydrogens (tertiary/aromatic N) is 1. The van der Waals surface area contributed by atoms with Gasteiger partial charge in [-0.3, -0.25) is 15.6 Å². The van der Waals surface area contributed by atoms with E-state index in [-0.39, 0.29) is 5.91 Å². The molecule has 122 valence electrons. The molecule has 6 nitrogen and oxygen atoms in total. The van der Waals surface area contributed by atoms with Crippen molar-refractivity contribution in [1.82, 2.24) is 10.4 Å². The first-order chi connectivity index (χ1) is 11.6. The van der Waals surface area contributed by atoms with Gasteiger partial charge in [0.15, 0.2) is 0 Å². The Hall–Kier alpha value is -2.93. The molecule has 0 saturated carbocycles. The summed E-state index contributed by atoms with van der Waals surface area (Å²) in [4.78, 5) is 27.9. The van der Waals surface area contributed by atoms with Crippen LogP contribution in [0.3, 0.4) is 0 Å². The predicted molar refractivity (Wildman–Crippen MR) is 93.2 cm³/mol. The van der Waals surface area contributed by atoms with Gasteiger partial charge in [0.25, 0.3) is 5.91 Å². The molecule has 24 heavy (non-hydrogen) atoms. The maximum Gasteiger partial charge on any atom is 0.337 e. The molecule has 0 radical (unpaired) electrons. The molecule has 1 heterocycles. The highest BCUT2D eigenvalue weighted by Gasteiger charge is 2.10. The number of hydrogen-bond acceptors (Lipinski definition) is 6. The molecular formula is C17H15N3O3S. The minimum Gasteiger partial charge on any atom is -0.465 e. The van der Waals surface area contributed by atoms with Crippen LogP contribution in [0.2, 0.25) is 0 Å². The van der Waals surface area contributed by atoms with Gasteiger partial charge in [-0.05, 0) is 48.9 Å². The number of carbonyl (C=O) groups excluding carboxylic acids is 2. The zero-order valence-corrected chi connectivity index (χ0v) is 13.9. The fraction of sp³-hybridized carbons (Fsp3) is 0.118. The lowest BCUT2D eigenvalue weighted by Crippen LogP contribution is -2.29. The Labute approximate surface area is 142 Å². The summed E-state index contributed by atoms with van der Waals surface area (Å²) in [5.41, 5.74) is 8.27. The van der Waals surface area contributed by atoms with Gasteiger partial charge in [0.2, 0.25) is 5.13 Å². The molecule has 7 heteroatoms. The number of nitrogens with one attached hydrogen (secondary N) is 2. The summed E-state index contributed by atoms with van der Waals surface area (Å²) in [7, 11) is 1.31. The van der Waals surface area contributed by atoms with E-state index in [1.54, 1.807) is 24.3 Å². The number of thiazole rings is 1. The lowest BCUT2D eigenvalue weighted by molar-refractivity contribution is 0.0600. The number of aryl methyl sites for hydroxylation is 1. The summed E-state index contributed by atoms with van der Waals surface area (Å²) in [5, 5.41) is 0.607. The number of amides is 1. The highest BCUT2D eigenvalue weighted by Crippen LogP contribution is 2.26. The molecule has 0 unspecified atom stereocenters. The van der Waals surface area contributed by atoms with Gasteiger partial charge in [0.1, 0.15) is 0 Å². The van der Waals surface area contributed by atoms with E-state index in [9.17, 15) is 9.59 Å². The second-order valence-corrected chi connectivity index (χ2v) is 6.17. The van der Waals surface area contributed by atoms with E-state index in [1.807, 2.05) is 25.1 Å². The number of benzene rings is 2. The van der Waals surface area contributed by atoms with E-state index < -0.39 is 5.97 Å². The van der Waals surface area contributed by atoms with E-state index in [1.165, 1.54) is 18.4 Å². The molecule has 0 atom stereocenters. The fourth-order valence-electron chi connectivity index (χ4n) is 2.14. The van der Waals surface area contributed by atoms with Gasteiger partial charge in [-0.15, -0.1) is 0 Å². The number of fused-ring (bicyclic) bond motifs is 1. The average molecular weight is 341 g/mol. The summed E-state index contributed by atoms with van der Waals surface area (Å²) < 4.78 is 5.67. The van der Waals surface area contributed by atoms with E-state index >= 15 is 0 Å². The fourth-order valence-corrected chi connectivity index (χ4v) is 3.06. The maximum absolute atomic E-state index is 12.1. The van der Waals surface area contributed by atoms with Gasteiger partial charge in [-0.25, -0.2) is 9.78 Å². The van der Waals surface area contributed by atoms with E-state index in [4.69, 9.17) is 0 Å². The third-order valence-electron chi connectivity index (χ3n) is 3.40. The topological polar surface area (TPSA) is 80.3 Å². The number of rotatable bonds is 4. The third kappa shape index (κ3) is 3.36. The van der Waals surface area contributed by atoms with Crippen LogP contribution in [0.4, 0.5) is 5.13 Å². The molecule has 0 saturated heterocycles. The molecule has 3 rings (SSSR count). The normalized spacial score (nSPS) is 10.4. The van der Waals surface area contributed by atoms with Crippen LogP contribution in [-0.2, 0) is 4.74 Å². The minimum absolute atomic E-state index is 0.318. The lowest BCUT2D eigenvalue weighted by Gasteiger charge is -2.06. The standard InChI is InChI=1S/C17H15N3O3S/c1-10-3-8-13-14(9-10)24-17(18-13)20-19-15(21)11-4-6-12(7-5-11)16(22)23-2/h3-9H,1-2H3,(H,18,20)(H,19,21). The van der Waals surface area contributed by atoms with E-state index in [2.05, 4.69) is 20.6 Å². The Kier molecular flexibility index (Phi) is 4.43. The van der Waals surface area contributed by atoms with Gasteiger partial charge >= 0.3 is 5.97 Å². The largest absolute Gasteiger partial charge is 0.465 e. The van der Waals surface area contributed by atoms with Crippen molar-refractivity contribution in [1.29, 1.82) is 0 Å². The number of hydrazine groups is 1. The van der Waals surface area contributed by atoms with Crippen LogP contribution in [0.25, 0.3) is 10.2 Å². The number of hydrogen-bond donors (Lipinski definition) is 2. The Morgan fingerprint density at radius 1 is 1.08 bits per heavy atom. The van der Waals surface area contributed by atoms with Crippen molar-refractivity contribution in [2.45, 2.75) is 6.92 Å². The molecule has 2 aromatic carbocycles. The van der Waals surface area contributed by atoms with Crippen LogP contribution in [-0.4, -0.2) is 24.0 Å². The summed E-state index contributed by atoms with van der Waals surface area (Å²) in [6, 6.07) is 12.2. The van der Waals surface area contributed by atoms with Crippen LogP contribution in [0.15, 0.2) is 42.5 Å². The Morgan fingerprint density at radius 3 is 2.50 bits per heavy atom. The first-order valence-corrected chi connectivity index (χ1v) is 8.00. The molecule has 0 aliphatic heterocycles. The van der Waals surface area contributed by atoms with Crippen molar-refractivity contribution >= 4 is 38.6 Å². The number of methoxy groups -OCH3 is 1. The van der Waals surface area contributed by atoms with Gasteiger partial charge in [-0.1, -0.05) is 17.4 Å². The van der Waals surface area contributed by atoms with Crippen LogP contribution in [0, 0.1) is 6.92 Å². The van der Waals surface area contributed by atoms with Crippen molar-refractivity contribution in [2.75, 3.05) is 12.5 Å². The molecule has 0 aliphatic rings. The SMILES string of the molecule is COC(=O)c1ccc(C(=O)NNc2nc3ccc(C)cc3s2)cc1. The number of ether oxygens (including phenoxy) is 1. The smallest absolute Gasteiger partial charge is 0.337 e. The van der Waals surface area contributed by atoms with Crippen LogP contribution >= 0.6 is 11.3 Å². The number of aromatic nitrogens is 1. The van der Waals surface area contributed by atoms with Crippen molar-refractivity contribution in [3.05, 3.63) is 59.2 Å². The molecule has 1 amide bonds. The number of anilines is 1. The maximum atomic E-state index is 12.1. The third-order valence-corrected chi connectivity index (χ3v) is 4.33. The van der Waals surface area contributed by atoms with Crippen LogP contribution < -0.4 is 10.9 Å². The molecule has 2 N–H and O–H groups in total. The van der Waals surface area contributed by atoms with Gasteiger partial charge < -0.3 is 4.74 Å². The lowest BCUT2D eigenvalue weighted by atomic mass is 10.1.